The molecule has 0 spiro atoms. The number of aromatic nitrogens is 1. The Balaban J connectivity index is 2.84. The third-order valence-corrected chi connectivity index (χ3v) is 1.73. The Morgan fingerprint density at radius 3 is 2.75 bits per heavy atom. The highest BCUT2D eigenvalue weighted by atomic mass is 35.5. The number of hydrogen-bond donors (Lipinski definition) is 1. The molecule has 0 unspecified atom stereocenters. The summed E-state index contributed by atoms with van der Waals surface area (Å²) in [6.07, 6.45) is 3.77. The zero-order chi connectivity index (χ0) is 5.98. The third kappa shape index (κ3) is 1.20. The summed E-state index contributed by atoms with van der Waals surface area (Å²) in [5.74, 6) is 0. The molecule has 1 aromatic heterocycles. The fourth-order valence-corrected chi connectivity index (χ4v) is 1.12. The molecule has 0 aliphatic rings. The normalized spacial score (nSPS) is 9.75. The van der Waals surface area contributed by atoms with Crippen molar-refractivity contribution >= 4 is 23.4 Å². The van der Waals surface area contributed by atoms with Crippen LogP contribution in [0, 0.1) is 0 Å². The van der Waals surface area contributed by atoms with Crippen LogP contribution in [0.2, 0.25) is 5.02 Å². The Kier molecular flexibility index (Phi) is 1.86. The van der Waals surface area contributed by atoms with Gasteiger partial charge in [-0.2, -0.15) is 0 Å². The zero-order valence-electron chi connectivity index (χ0n) is 4.44. The van der Waals surface area contributed by atoms with Gasteiger partial charge in [-0.15, -0.1) is 11.8 Å². The van der Waals surface area contributed by atoms with E-state index in [-0.39, 0.29) is 0 Å². The number of H-pyrrole nitrogens is 1. The van der Waals surface area contributed by atoms with Crippen molar-refractivity contribution in [3.8, 4) is 0 Å². The molecule has 0 aliphatic carbocycles. The zero-order valence-corrected chi connectivity index (χ0v) is 6.01. The molecule has 3 heteroatoms. The van der Waals surface area contributed by atoms with Gasteiger partial charge in [-0.05, 0) is 12.3 Å². The van der Waals surface area contributed by atoms with Crippen LogP contribution in [0.1, 0.15) is 0 Å². The highest BCUT2D eigenvalue weighted by Crippen LogP contribution is 2.16. The molecule has 44 valence electrons. The van der Waals surface area contributed by atoms with Crippen LogP contribution >= 0.6 is 23.4 Å². The SMILES string of the molecule is CSc1cc(Cl)c[nH]1. The predicted octanol–water partition coefficient (Wildman–Crippen LogP) is 2.39. The summed E-state index contributed by atoms with van der Waals surface area (Å²) in [7, 11) is 0. The molecule has 0 amide bonds. The first-order valence-corrected chi connectivity index (χ1v) is 3.81. The van der Waals surface area contributed by atoms with Crippen molar-refractivity contribution < 1.29 is 0 Å². The number of halogens is 1. The summed E-state index contributed by atoms with van der Waals surface area (Å²) in [4.78, 5) is 2.99. The Morgan fingerprint density at radius 1 is 1.75 bits per heavy atom. The molecular formula is C5H6ClNS. The van der Waals surface area contributed by atoms with Gasteiger partial charge in [0.05, 0.1) is 10.0 Å². The average molecular weight is 148 g/mol. The maximum absolute atomic E-state index is 5.59. The van der Waals surface area contributed by atoms with Crippen molar-refractivity contribution in [3.05, 3.63) is 17.3 Å². The van der Waals surface area contributed by atoms with E-state index >= 15 is 0 Å². The molecule has 0 atom stereocenters. The maximum Gasteiger partial charge on any atom is 0.0734 e. The van der Waals surface area contributed by atoms with Crippen LogP contribution in [0.3, 0.4) is 0 Å². The smallest absolute Gasteiger partial charge is 0.0734 e. The average Bonchev–Trinajstić information content (AvgIpc) is 2.14. The largest absolute Gasteiger partial charge is 0.355 e. The van der Waals surface area contributed by atoms with E-state index in [2.05, 4.69) is 4.98 Å². The molecule has 1 aromatic rings. The second-order valence-electron chi connectivity index (χ2n) is 1.39. The molecule has 0 radical (unpaired) electrons. The summed E-state index contributed by atoms with van der Waals surface area (Å²) in [6.45, 7) is 0. The van der Waals surface area contributed by atoms with Crippen LogP contribution in [-0.2, 0) is 0 Å². The van der Waals surface area contributed by atoms with Crippen molar-refractivity contribution in [2.75, 3.05) is 6.26 Å². The lowest BCUT2D eigenvalue weighted by Crippen LogP contribution is -1.59. The lowest BCUT2D eigenvalue weighted by atomic mass is 10.7. The van der Waals surface area contributed by atoms with Gasteiger partial charge in [-0.1, -0.05) is 11.6 Å². The van der Waals surface area contributed by atoms with Gasteiger partial charge in [0.15, 0.2) is 0 Å². The highest BCUT2D eigenvalue weighted by Gasteiger charge is 1.90. The molecule has 0 saturated heterocycles. The molecule has 1 rings (SSSR count). The van der Waals surface area contributed by atoms with Crippen LogP contribution in [0.15, 0.2) is 17.3 Å². The van der Waals surface area contributed by atoms with Gasteiger partial charge in [-0.25, -0.2) is 0 Å². The minimum atomic E-state index is 0.773. The van der Waals surface area contributed by atoms with Crippen molar-refractivity contribution in [2.45, 2.75) is 5.03 Å². The molecule has 0 bridgehead atoms. The number of hydrogen-bond acceptors (Lipinski definition) is 1. The lowest BCUT2D eigenvalue weighted by molar-refractivity contribution is 1.21. The molecule has 1 N–H and O–H groups in total. The van der Waals surface area contributed by atoms with Gasteiger partial charge in [0.2, 0.25) is 0 Å². The second-order valence-corrected chi connectivity index (χ2v) is 2.67. The minimum Gasteiger partial charge on any atom is -0.355 e. The Bertz CT molecular complexity index is 173. The molecule has 0 aromatic carbocycles. The number of thioether (sulfide) groups is 1. The fraction of sp³-hybridized carbons (Fsp3) is 0.200. The van der Waals surface area contributed by atoms with Crippen LogP contribution in [0.25, 0.3) is 0 Å². The van der Waals surface area contributed by atoms with E-state index in [1.165, 1.54) is 0 Å². The highest BCUT2D eigenvalue weighted by molar-refractivity contribution is 7.98. The summed E-state index contributed by atoms with van der Waals surface area (Å²) in [5.41, 5.74) is 0. The molecule has 1 nitrogen and oxygen atoms in total. The summed E-state index contributed by atoms with van der Waals surface area (Å²) in [6, 6.07) is 1.90. The number of rotatable bonds is 1. The Morgan fingerprint density at radius 2 is 2.50 bits per heavy atom. The van der Waals surface area contributed by atoms with Gasteiger partial charge in [0, 0.05) is 6.20 Å². The summed E-state index contributed by atoms with van der Waals surface area (Å²) < 4.78 is 0. The van der Waals surface area contributed by atoms with E-state index in [0.29, 0.717) is 0 Å². The topological polar surface area (TPSA) is 15.8 Å². The first kappa shape index (κ1) is 6.05. The van der Waals surface area contributed by atoms with E-state index < -0.39 is 0 Å². The van der Waals surface area contributed by atoms with Crippen LogP contribution in [0.4, 0.5) is 0 Å². The Labute approximate surface area is 57.4 Å². The van der Waals surface area contributed by atoms with Crippen molar-refractivity contribution in [3.63, 3.8) is 0 Å². The van der Waals surface area contributed by atoms with Crippen LogP contribution in [0.5, 0.6) is 0 Å². The molecule has 0 aliphatic heterocycles. The van der Waals surface area contributed by atoms with Gasteiger partial charge >= 0.3 is 0 Å². The van der Waals surface area contributed by atoms with Gasteiger partial charge < -0.3 is 4.98 Å². The van der Waals surface area contributed by atoms with E-state index in [1.807, 2.05) is 12.3 Å². The second kappa shape index (κ2) is 2.46. The standard InChI is InChI=1S/C5H6ClNS/c1-8-5-2-4(6)3-7-5/h2-3,7H,1H3. The van der Waals surface area contributed by atoms with E-state index in [4.69, 9.17) is 11.6 Å². The molecule has 0 fully saturated rings. The van der Waals surface area contributed by atoms with Crippen LogP contribution < -0.4 is 0 Å². The molecular weight excluding hydrogens is 142 g/mol. The summed E-state index contributed by atoms with van der Waals surface area (Å²) >= 11 is 7.24. The van der Waals surface area contributed by atoms with Crippen LogP contribution in [-0.4, -0.2) is 11.2 Å². The molecule has 8 heavy (non-hydrogen) atoms. The predicted molar refractivity (Wildman–Crippen MR) is 37.6 cm³/mol. The van der Waals surface area contributed by atoms with Gasteiger partial charge in [-0.3, -0.25) is 0 Å². The molecule has 1 heterocycles. The van der Waals surface area contributed by atoms with E-state index in [9.17, 15) is 0 Å². The fourth-order valence-electron chi connectivity index (χ4n) is 0.466. The van der Waals surface area contributed by atoms with Crippen molar-refractivity contribution in [1.82, 2.24) is 4.98 Å². The Hall–Kier alpha value is -0.0800. The number of nitrogens with one attached hydrogen (secondary N) is 1. The number of aromatic amines is 1. The maximum atomic E-state index is 5.59. The van der Waals surface area contributed by atoms with E-state index in [0.717, 1.165) is 10.0 Å². The first-order chi connectivity index (χ1) is 3.83. The van der Waals surface area contributed by atoms with E-state index in [1.54, 1.807) is 18.0 Å². The minimum absolute atomic E-state index is 0.773. The van der Waals surface area contributed by atoms with Gasteiger partial charge in [0.25, 0.3) is 0 Å². The third-order valence-electron chi connectivity index (χ3n) is 0.841. The first-order valence-electron chi connectivity index (χ1n) is 2.21. The quantitative estimate of drug-likeness (QED) is 0.604. The lowest BCUT2D eigenvalue weighted by Gasteiger charge is -1.81. The van der Waals surface area contributed by atoms with Gasteiger partial charge in [0.1, 0.15) is 0 Å². The molecule has 0 saturated carbocycles. The summed E-state index contributed by atoms with van der Waals surface area (Å²) in [5, 5.41) is 1.88. The monoisotopic (exact) mass is 147 g/mol. The van der Waals surface area contributed by atoms with Crippen molar-refractivity contribution in [1.29, 1.82) is 0 Å². The van der Waals surface area contributed by atoms with Crippen molar-refractivity contribution in [2.24, 2.45) is 0 Å².